The Kier molecular flexibility index (Phi) is 6.02. The van der Waals surface area contributed by atoms with Gasteiger partial charge in [-0.25, -0.2) is 9.78 Å². The van der Waals surface area contributed by atoms with Gasteiger partial charge in [0.15, 0.2) is 0 Å². The van der Waals surface area contributed by atoms with E-state index in [0.29, 0.717) is 22.6 Å². The molecule has 0 radical (unpaired) electrons. The highest BCUT2D eigenvalue weighted by Gasteiger charge is 2.14. The van der Waals surface area contributed by atoms with Crippen LogP contribution in [0.5, 0.6) is 5.75 Å². The number of carbonyl (C=O) groups excluding carboxylic acids is 1. The minimum atomic E-state index is -0.431. The first-order valence-corrected chi connectivity index (χ1v) is 11.1. The van der Waals surface area contributed by atoms with Crippen molar-refractivity contribution in [2.45, 2.75) is 0 Å². The Morgan fingerprint density at radius 2 is 1.53 bits per heavy atom. The van der Waals surface area contributed by atoms with E-state index in [1.807, 2.05) is 48.5 Å². The van der Waals surface area contributed by atoms with Crippen LogP contribution in [0.15, 0.2) is 91.0 Å². The monoisotopic (exact) mass is 479 g/mol. The van der Waals surface area contributed by atoms with E-state index in [1.165, 1.54) is 12.1 Å². The van der Waals surface area contributed by atoms with Crippen molar-refractivity contribution in [2.24, 2.45) is 0 Å². The van der Waals surface area contributed by atoms with Gasteiger partial charge in [-0.3, -0.25) is 10.1 Å². The number of hydrogen-bond acceptors (Lipinski definition) is 6. The molecule has 9 heteroatoms. The van der Waals surface area contributed by atoms with E-state index in [1.54, 1.807) is 37.4 Å². The van der Waals surface area contributed by atoms with E-state index in [-0.39, 0.29) is 5.69 Å². The summed E-state index contributed by atoms with van der Waals surface area (Å²) in [5, 5.41) is 21.9. The van der Waals surface area contributed by atoms with Gasteiger partial charge >= 0.3 is 6.03 Å². The number of hydrogen-bond donors (Lipinski definition) is 3. The molecule has 2 amide bonds. The number of nitro benzene ring substituents is 1. The smallest absolute Gasteiger partial charge is 0.323 e. The van der Waals surface area contributed by atoms with Crippen LogP contribution in [0.25, 0.3) is 21.8 Å². The number of nitro groups is 1. The number of pyridine rings is 1. The summed E-state index contributed by atoms with van der Waals surface area (Å²) in [6.45, 7) is 0. The molecule has 178 valence electrons. The highest BCUT2D eigenvalue weighted by Crippen LogP contribution is 2.35. The lowest BCUT2D eigenvalue weighted by molar-refractivity contribution is -0.384. The van der Waals surface area contributed by atoms with Crippen LogP contribution in [-0.4, -0.2) is 23.0 Å². The molecule has 36 heavy (non-hydrogen) atoms. The Labute approximate surface area is 205 Å². The zero-order chi connectivity index (χ0) is 25.1. The summed E-state index contributed by atoms with van der Waals surface area (Å²) in [6, 6.07) is 26.2. The Morgan fingerprint density at radius 3 is 2.31 bits per heavy atom. The molecule has 9 nitrogen and oxygen atoms in total. The van der Waals surface area contributed by atoms with Gasteiger partial charge in [0.05, 0.1) is 34.4 Å². The summed E-state index contributed by atoms with van der Waals surface area (Å²) in [5.41, 5.74) is 3.97. The SMILES string of the molecule is COc1ccccc1NC(=O)Nc1ccc(Nc2c3ccccc3nc3cc([N+](=O)[O-])ccc23)cc1. The van der Waals surface area contributed by atoms with Crippen molar-refractivity contribution >= 4 is 56.3 Å². The summed E-state index contributed by atoms with van der Waals surface area (Å²) in [6.07, 6.45) is 0. The molecule has 5 aromatic rings. The van der Waals surface area contributed by atoms with Crippen molar-refractivity contribution in [3.8, 4) is 5.75 Å². The lowest BCUT2D eigenvalue weighted by Gasteiger charge is -2.14. The van der Waals surface area contributed by atoms with Gasteiger partial charge in [-0.05, 0) is 48.5 Å². The van der Waals surface area contributed by atoms with E-state index in [0.717, 1.165) is 27.7 Å². The van der Waals surface area contributed by atoms with Crippen molar-refractivity contribution in [1.82, 2.24) is 4.98 Å². The van der Waals surface area contributed by atoms with E-state index < -0.39 is 11.0 Å². The normalized spacial score (nSPS) is 10.7. The summed E-state index contributed by atoms with van der Waals surface area (Å²) < 4.78 is 5.26. The Hall–Kier alpha value is -5.18. The summed E-state index contributed by atoms with van der Waals surface area (Å²) in [5.74, 6) is 0.564. The first-order chi connectivity index (χ1) is 17.5. The van der Waals surface area contributed by atoms with Crippen LogP contribution >= 0.6 is 0 Å². The van der Waals surface area contributed by atoms with Crippen molar-refractivity contribution in [1.29, 1.82) is 0 Å². The fourth-order valence-corrected chi connectivity index (χ4v) is 3.94. The van der Waals surface area contributed by atoms with Crippen LogP contribution in [0.3, 0.4) is 0 Å². The molecule has 1 heterocycles. The zero-order valence-corrected chi connectivity index (χ0v) is 19.2. The van der Waals surface area contributed by atoms with Crippen molar-refractivity contribution in [2.75, 3.05) is 23.1 Å². The van der Waals surface area contributed by atoms with E-state index >= 15 is 0 Å². The standard InChI is InChI=1S/C27H21N5O4/c1-36-25-9-5-4-8-23(25)31-27(33)29-18-12-10-17(11-13-18)28-26-20-6-2-3-7-22(20)30-24-16-19(32(34)35)14-15-21(24)26/h2-16H,1H3,(H,28,30)(H2,29,31,33). The van der Waals surface area contributed by atoms with E-state index in [9.17, 15) is 14.9 Å². The number of benzene rings is 4. The number of ether oxygens (including phenoxy) is 1. The van der Waals surface area contributed by atoms with Crippen molar-refractivity contribution < 1.29 is 14.5 Å². The second kappa shape index (κ2) is 9.59. The number of methoxy groups -OCH3 is 1. The molecule has 5 rings (SSSR count). The Morgan fingerprint density at radius 1 is 0.833 bits per heavy atom. The molecule has 3 N–H and O–H groups in total. The number of urea groups is 1. The van der Waals surface area contributed by atoms with E-state index in [2.05, 4.69) is 20.9 Å². The Bertz CT molecular complexity index is 1600. The van der Waals surface area contributed by atoms with Gasteiger partial charge < -0.3 is 20.7 Å². The highest BCUT2D eigenvalue weighted by atomic mass is 16.6. The molecule has 0 atom stereocenters. The third-order valence-electron chi connectivity index (χ3n) is 5.64. The number of non-ortho nitro benzene ring substituents is 1. The van der Waals surface area contributed by atoms with Gasteiger partial charge in [-0.15, -0.1) is 0 Å². The number of carbonyl (C=O) groups is 1. The van der Waals surface area contributed by atoms with Crippen LogP contribution in [0, 0.1) is 10.1 Å². The molecule has 0 fully saturated rings. The summed E-state index contributed by atoms with van der Waals surface area (Å²) in [7, 11) is 1.54. The maximum atomic E-state index is 12.4. The van der Waals surface area contributed by atoms with Gasteiger partial charge in [0.2, 0.25) is 0 Å². The average molecular weight is 479 g/mol. The first-order valence-electron chi connectivity index (χ1n) is 11.1. The lowest BCUT2D eigenvalue weighted by Crippen LogP contribution is -2.19. The fraction of sp³-hybridized carbons (Fsp3) is 0.0370. The minimum absolute atomic E-state index is 0.0157. The van der Waals surface area contributed by atoms with Crippen LogP contribution in [0.4, 0.5) is 33.2 Å². The molecule has 1 aromatic heterocycles. The number of nitrogens with one attached hydrogen (secondary N) is 3. The zero-order valence-electron chi connectivity index (χ0n) is 19.2. The molecule has 0 aliphatic rings. The molecular formula is C27H21N5O4. The maximum absolute atomic E-state index is 12.4. The summed E-state index contributed by atoms with van der Waals surface area (Å²) >= 11 is 0. The van der Waals surface area contributed by atoms with E-state index in [4.69, 9.17) is 4.74 Å². The van der Waals surface area contributed by atoms with Crippen LogP contribution in [0.1, 0.15) is 0 Å². The molecular weight excluding hydrogens is 458 g/mol. The first kappa shape index (κ1) is 22.6. The molecule has 0 saturated heterocycles. The number of para-hydroxylation sites is 3. The molecule has 0 aliphatic carbocycles. The third-order valence-corrected chi connectivity index (χ3v) is 5.64. The molecule has 0 aliphatic heterocycles. The molecule has 0 saturated carbocycles. The molecule has 0 unspecified atom stereocenters. The quantitative estimate of drug-likeness (QED) is 0.142. The topological polar surface area (TPSA) is 118 Å². The average Bonchev–Trinajstić information content (AvgIpc) is 2.89. The number of amides is 2. The van der Waals surface area contributed by atoms with Crippen LogP contribution in [0.2, 0.25) is 0 Å². The number of fused-ring (bicyclic) bond motifs is 2. The fourth-order valence-electron chi connectivity index (χ4n) is 3.94. The molecule has 0 bridgehead atoms. The van der Waals surface area contributed by atoms with Crippen LogP contribution < -0.4 is 20.7 Å². The minimum Gasteiger partial charge on any atom is -0.495 e. The molecule has 4 aromatic carbocycles. The second-order valence-corrected chi connectivity index (χ2v) is 7.94. The molecule has 0 spiro atoms. The number of aromatic nitrogens is 1. The van der Waals surface area contributed by atoms with Gasteiger partial charge in [-0.1, -0.05) is 30.3 Å². The second-order valence-electron chi connectivity index (χ2n) is 7.94. The van der Waals surface area contributed by atoms with Gasteiger partial charge in [-0.2, -0.15) is 0 Å². The third kappa shape index (κ3) is 4.58. The van der Waals surface area contributed by atoms with Gasteiger partial charge in [0.25, 0.3) is 5.69 Å². The number of rotatable bonds is 6. The maximum Gasteiger partial charge on any atom is 0.323 e. The largest absolute Gasteiger partial charge is 0.495 e. The predicted octanol–water partition coefficient (Wildman–Crippen LogP) is 6.69. The van der Waals surface area contributed by atoms with Crippen molar-refractivity contribution in [3.63, 3.8) is 0 Å². The highest BCUT2D eigenvalue weighted by molar-refractivity contribution is 6.09. The summed E-state index contributed by atoms with van der Waals surface area (Å²) in [4.78, 5) is 27.9. The van der Waals surface area contributed by atoms with Crippen molar-refractivity contribution in [3.05, 3.63) is 101 Å². The Balaban J connectivity index is 1.39. The van der Waals surface area contributed by atoms with Gasteiger partial charge in [0, 0.05) is 34.3 Å². The predicted molar refractivity (Wildman–Crippen MR) is 141 cm³/mol. The number of nitrogens with zero attached hydrogens (tertiary/aromatic N) is 2. The number of anilines is 4. The van der Waals surface area contributed by atoms with Crippen LogP contribution in [-0.2, 0) is 0 Å². The van der Waals surface area contributed by atoms with Gasteiger partial charge in [0.1, 0.15) is 5.75 Å². The lowest BCUT2D eigenvalue weighted by atomic mass is 10.1.